The number of halogens is 1. The first kappa shape index (κ1) is 18.9. The van der Waals surface area contributed by atoms with Gasteiger partial charge in [-0.05, 0) is 37.0 Å². The largest absolute Gasteiger partial charge is 0.497 e. The van der Waals surface area contributed by atoms with Gasteiger partial charge >= 0.3 is 12.0 Å². The minimum atomic E-state index is -0.510. The summed E-state index contributed by atoms with van der Waals surface area (Å²) in [6.07, 6.45) is 4.31. The van der Waals surface area contributed by atoms with Crippen LogP contribution in [0.1, 0.15) is 18.4 Å². The standard InChI is InChI=1S/C19H23FN4O3/c1-26-16-6-4-14(5-7-16)8-9-21-19(25)24-10-2-3-17(13-24)27-18-22-11-15(20)12-23-18/h4-7,11-12,17H,2-3,8-10,13H2,1H3,(H,21,25). The molecule has 0 saturated carbocycles. The Morgan fingerprint density at radius 3 is 2.74 bits per heavy atom. The van der Waals surface area contributed by atoms with Crippen molar-refractivity contribution in [3.63, 3.8) is 0 Å². The van der Waals surface area contributed by atoms with Crippen LogP contribution in [0.15, 0.2) is 36.7 Å². The SMILES string of the molecule is COc1ccc(CCNC(=O)N2CCCC(Oc3ncc(F)cn3)C2)cc1. The minimum absolute atomic E-state index is 0.114. The van der Waals surface area contributed by atoms with Crippen molar-refractivity contribution in [1.82, 2.24) is 20.2 Å². The normalized spacial score (nSPS) is 16.7. The first-order valence-corrected chi connectivity index (χ1v) is 8.94. The highest BCUT2D eigenvalue weighted by Gasteiger charge is 2.25. The number of carbonyl (C=O) groups excluding carboxylic acids is 1. The van der Waals surface area contributed by atoms with Gasteiger partial charge in [-0.25, -0.2) is 19.2 Å². The van der Waals surface area contributed by atoms with Crippen molar-refractivity contribution in [2.45, 2.75) is 25.4 Å². The number of benzene rings is 1. The van der Waals surface area contributed by atoms with Gasteiger partial charge < -0.3 is 19.7 Å². The van der Waals surface area contributed by atoms with Crippen LogP contribution in [0.4, 0.5) is 9.18 Å². The van der Waals surface area contributed by atoms with Crippen molar-refractivity contribution in [3.8, 4) is 11.8 Å². The highest BCUT2D eigenvalue weighted by atomic mass is 19.1. The van der Waals surface area contributed by atoms with Crippen LogP contribution in [0, 0.1) is 5.82 Å². The van der Waals surface area contributed by atoms with E-state index in [2.05, 4.69) is 15.3 Å². The minimum Gasteiger partial charge on any atom is -0.497 e. The Labute approximate surface area is 157 Å². The molecular formula is C19H23FN4O3. The number of urea groups is 1. The van der Waals surface area contributed by atoms with E-state index in [4.69, 9.17) is 9.47 Å². The molecule has 0 bridgehead atoms. The molecule has 27 heavy (non-hydrogen) atoms. The summed E-state index contributed by atoms with van der Waals surface area (Å²) in [5.74, 6) is 0.302. The summed E-state index contributed by atoms with van der Waals surface area (Å²) in [4.78, 5) is 21.7. The van der Waals surface area contributed by atoms with E-state index in [1.807, 2.05) is 24.3 Å². The van der Waals surface area contributed by atoms with E-state index in [0.717, 1.165) is 43.0 Å². The monoisotopic (exact) mass is 374 g/mol. The highest BCUT2D eigenvalue weighted by molar-refractivity contribution is 5.74. The Hall–Kier alpha value is -2.90. The predicted octanol–water partition coefficient (Wildman–Crippen LogP) is 2.42. The summed E-state index contributed by atoms with van der Waals surface area (Å²) in [5.41, 5.74) is 1.13. The highest BCUT2D eigenvalue weighted by Crippen LogP contribution is 2.15. The van der Waals surface area contributed by atoms with Crippen LogP contribution in [0.5, 0.6) is 11.8 Å². The lowest BCUT2D eigenvalue weighted by atomic mass is 10.1. The zero-order chi connectivity index (χ0) is 19.1. The van der Waals surface area contributed by atoms with Crippen LogP contribution in [0.3, 0.4) is 0 Å². The molecule has 8 heteroatoms. The third-order valence-corrected chi connectivity index (χ3v) is 4.38. The van der Waals surface area contributed by atoms with Crippen LogP contribution in [-0.4, -0.2) is 53.7 Å². The van der Waals surface area contributed by atoms with E-state index in [9.17, 15) is 9.18 Å². The Bertz CT molecular complexity index is 740. The van der Waals surface area contributed by atoms with Gasteiger partial charge in [0, 0.05) is 13.1 Å². The molecular weight excluding hydrogens is 351 g/mol. The number of carbonyl (C=O) groups is 1. The lowest BCUT2D eigenvalue weighted by Gasteiger charge is -2.32. The quantitative estimate of drug-likeness (QED) is 0.840. The number of rotatable bonds is 6. The number of piperidine rings is 1. The maximum atomic E-state index is 12.9. The molecule has 144 valence electrons. The van der Waals surface area contributed by atoms with Gasteiger partial charge in [0.2, 0.25) is 0 Å². The molecule has 1 aliphatic heterocycles. The van der Waals surface area contributed by atoms with E-state index >= 15 is 0 Å². The average molecular weight is 374 g/mol. The summed E-state index contributed by atoms with van der Waals surface area (Å²) in [6.45, 7) is 1.68. The fraction of sp³-hybridized carbons (Fsp3) is 0.421. The van der Waals surface area contributed by atoms with Gasteiger partial charge in [0.25, 0.3) is 0 Å². The van der Waals surface area contributed by atoms with E-state index in [0.29, 0.717) is 19.6 Å². The zero-order valence-electron chi connectivity index (χ0n) is 15.2. The van der Waals surface area contributed by atoms with Crippen LogP contribution in [0.25, 0.3) is 0 Å². The molecule has 2 heterocycles. The number of nitrogens with one attached hydrogen (secondary N) is 1. The lowest BCUT2D eigenvalue weighted by Crippen LogP contribution is -2.49. The van der Waals surface area contributed by atoms with Gasteiger partial charge in [0.05, 0.1) is 26.0 Å². The maximum absolute atomic E-state index is 12.9. The number of methoxy groups -OCH3 is 1. The number of hydrogen-bond acceptors (Lipinski definition) is 5. The third-order valence-electron chi connectivity index (χ3n) is 4.38. The Morgan fingerprint density at radius 1 is 1.30 bits per heavy atom. The van der Waals surface area contributed by atoms with Crippen LogP contribution in [0.2, 0.25) is 0 Å². The van der Waals surface area contributed by atoms with Gasteiger partial charge in [0.1, 0.15) is 11.9 Å². The molecule has 1 aromatic carbocycles. The Morgan fingerprint density at radius 2 is 2.04 bits per heavy atom. The zero-order valence-corrected chi connectivity index (χ0v) is 15.2. The molecule has 1 aliphatic rings. The Balaban J connectivity index is 1.44. The summed E-state index contributed by atoms with van der Waals surface area (Å²) >= 11 is 0. The Kier molecular flexibility index (Phi) is 6.40. The van der Waals surface area contributed by atoms with E-state index in [1.165, 1.54) is 0 Å². The first-order valence-electron chi connectivity index (χ1n) is 8.94. The number of nitrogens with zero attached hydrogens (tertiary/aromatic N) is 3. The van der Waals surface area contributed by atoms with Gasteiger partial charge in [-0.1, -0.05) is 12.1 Å². The summed E-state index contributed by atoms with van der Waals surface area (Å²) < 4.78 is 23.7. The van der Waals surface area contributed by atoms with Gasteiger partial charge in [-0.2, -0.15) is 0 Å². The number of aromatic nitrogens is 2. The van der Waals surface area contributed by atoms with E-state index in [1.54, 1.807) is 12.0 Å². The summed E-state index contributed by atoms with van der Waals surface area (Å²) in [6, 6.07) is 7.79. The fourth-order valence-corrected chi connectivity index (χ4v) is 2.95. The summed E-state index contributed by atoms with van der Waals surface area (Å²) in [7, 11) is 1.63. The van der Waals surface area contributed by atoms with Gasteiger partial charge in [-0.15, -0.1) is 0 Å². The third kappa shape index (κ3) is 5.54. The predicted molar refractivity (Wildman–Crippen MR) is 97.3 cm³/mol. The molecule has 1 fully saturated rings. The van der Waals surface area contributed by atoms with Crippen LogP contribution >= 0.6 is 0 Å². The number of amides is 2. The molecule has 1 N–H and O–H groups in total. The molecule has 0 radical (unpaired) electrons. The smallest absolute Gasteiger partial charge is 0.317 e. The van der Waals surface area contributed by atoms with Crippen molar-refractivity contribution in [2.75, 3.05) is 26.7 Å². The molecule has 2 aromatic rings. The second-order valence-electron chi connectivity index (χ2n) is 6.34. The molecule has 0 aliphatic carbocycles. The number of ether oxygens (including phenoxy) is 2. The summed E-state index contributed by atoms with van der Waals surface area (Å²) in [5, 5.41) is 2.94. The van der Waals surface area contributed by atoms with Crippen molar-refractivity contribution >= 4 is 6.03 Å². The lowest BCUT2D eigenvalue weighted by molar-refractivity contribution is 0.0938. The number of likely N-dealkylation sites (tertiary alicyclic amines) is 1. The maximum Gasteiger partial charge on any atom is 0.317 e. The first-order chi connectivity index (χ1) is 13.1. The molecule has 1 atom stereocenters. The van der Waals surface area contributed by atoms with Crippen LogP contribution < -0.4 is 14.8 Å². The van der Waals surface area contributed by atoms with Crippen molar-refractivity contribution in [3.05, 3.63) is 48.0 Å². The second kappa shape index (κ2) is 9.16. The van der Waals surface area contributed by atoms with E-state index < -0.39 is 5.82 Å². The molecule has 3 rings (SSSR count). The topological polar surface area (TPSA) is 76.6 Å². The van der Waals surface area contributed by atoms with Crippen molar-refractivity contribution < 1.29 is 18.7 Å². The molecule has 1 aromatic heterocycles. The molecule has 2 amide bonds. The van der Waals surface area contributed by atoms with Crippen molar-refractivity contribution in [2.24, 2.45) is 0 Å². The molecule has 1 unspecified atom stereocenters. The van der Waals surface area contributed by atoms with Gasteiger partial charge in [-0.3, -0.25) is 0 Å². The second-order valence-corrected chi connectivity index (χ2v) is 6.34. The molecule has 1 saturated heterocycles. The van der Waals surface area contributed by atoms with E-state index in [-0.39, 0.29) is 18.1 Å². The number of hydrogen-bond donors (Lipinski definition) is 1. The average Bonchev–Trinajstić information content (AvgIpc) is 2.70. The van der Waals surface area contributed by atoms with Crippen molar-refractivity contribution in [1.29, 1.82) is 0 Å². The van der Waals surface area contributed by atoms with Crippen LogP contribution in [-0.2, 0) is 6.42 Å². The molecule has 7 nitrogen and oxygen atoms in total. The molecule has 0 spiro atoms. The van der Waals surface area contributed by atoms with Gasteiger partial charge in [0.15, 0.2) is 5.82 Å². The fourth-order valence-electron chi connectivity index (χ4n) is 2.95.